The summed E-state index contributed by atoms with van der Waals surface area (Å²) in [5.74, 6) is 0.545. The number of hydrogen-bond donors (Lipinski definition) is 3. The maximum absolute atomic E-state index is 11.5. The molecule has 1 aromatic carbocycles. The first-order valence-corrected chi connectivity index (χ1v) is 5.24. The minimum Gasteiger partial charge on any atom is -0.376 e. The van der Waals surface area contributed by atoms with Crippen molar-refractivity contribution in [1.29, 1.82) is 0 Å². The van der Waals surface area contributed by atoms with Crippen LogP contribution < -0.4 is 10.6 Å². The molecule has 2 rings (SSSR count). The van der Waals surface area contributed by atoms with Crippen molar-refractivity contribution in [3.63, 3.8) is 0 Å². The number of para-hydroxylation sites is 1. The number of rotatable bonds is 5. The smallest absolute Gasteiger partial charge is 0.239 e. The van der Waals surface area contributed by atoms with E-state index in [0.717, 1.165) is 5.69 Å². The minimum absolute atomic E-state index is 0.0924. The summed E-state index contributed by atoms with van der Waals surface area (Å²) in [5, 5.41) is 12.1. The van der Waals surface area contributed by atoms with Crippen LogP contribution in [0.1, 0.15) is 5.82 Å². The van der Waals surface area contributed by atoms with E-state index in [1.165, 1.54) is 6.33 Å². The molecule has 1 amide bonds. The number of carbonyl (C=O) groups is 1. The third kappa shape index (κ3) is 3.60. The monoisotopic (exact) mass is 231 g/mol. The lowest BCUT2D eigenvalue weighted by Gasteiger charge is -2.06. The van der Waals surface area contributed by atoms with Gasteiger partial charge in [0.2, 0.25) is 5.91 Å². The Morgan fingerprint density at radius 1 is 1.29 bits per heavy atom. The SMILES string of the molecule is O=C(CNc1ccccc1)NCc1ncn[nH]1. The van der Waals surface area contributed by atoms with Gasteiger partial charge in [-0.2, -0.15) is 5.10 Å². The lowest BCUT2D eigenvalue weighted by Crippen LogP contribution is -2.29. The van der Waals surface area contributed by atoms with Crippen molar-refractivity contribution in [3.05, 3.63) is 42.5 Å². The van der Waals surface area contributed by atoms with Crippen molar-refractivity contribution < 1.29 is 4.79 Å². The van der Waals surface area contributed by atoms with Gasteiger partial charge in [-0.05, 0) is 12.1 Å². The summed E-state index contributed by atoms with van der Waals surface area (Å²) in [5.41, 5.74) is 0.919. The Bertz CT molecular complexity index is 454. The highest BCUT2D eigenvalue weighted by Crippen LogP contribution is 2.03. The second kappa shape index (κ2) is 5.64. The predicted octanol–water partition coefficient (Wildman–Crippen LogP) is 0.533. The Labute approximate surface area is 98.5 Å². The number of amides is 1. The molecule has 0 bridgehead atoms. The van der Waals surface area contributed by atoms with E-state index in [-0.39, 0.29) is 12.5 Å². The fourth-order valence-electron chi connectivity index (χ4n) is 1.30. The third-order valence-corrected chi connectivity index (χ3v) is 2.14. The fourth-order valence-corrected chi connectivity index (χ4v) is 1.30. The topological polar surface area (TPSA) is 82.7 Å². The van der Waals surface area contributed by atoms with E-state index < -0.39 is 0 Å². The van der Waals surface area contributed by atoms with Crippen molar-refractivity contribution in [3.8, 4) is 0 Å². The molecule has 88 valence electrons. The van der Waals surface area contributed by atoms with Gasteiger partial charge in [-0.1, -0.05) is 18.2 Å². The molecule has 0 saturated heterocycles. The van der Waals surface area contributed by atoms with Gasteiger partial charge in [-0.15, -0.1) is 0 Å². The molecule has 6 heteroatoms. The molecule has 0 aliphatic heterocycles. The molecular weight excluding hydrogens is 218 g/mol. The van der Waals surface area contributed by atoms with E-state index in [0.29, 0.717) is 12.4 Å². The highest BCUT2D eigenvalue weighted by atomic mass is 16.1. The zero-order chi connectivity index (χ0) is 11.9. The second-order valence-corrected chi connectivity index (χ2v) is 3.43. The molecule has 0 unspecified atom stereocenters. The van der Waals surface area contributed by atoms with Crippen molar-refractivity contribution in [2.75, 3.05) is 11.9 Å². The number of carbonyl (C=O) groups excluding carboxylic acids is 1. The summed E-state index contributed by atoms with van der Waals surface area (Å²) in [6.07, 6.45) is 1.41. The largest absolute Gasteiger partial charge is 0.376 e. The molecule has 0 fully saturated rings. The van der Waals surface area contributed by atoms with Crippen LogP contribution in [0, 0.1) is 0 Å². The number of aromatic amines is 1. The molecule has 3 N–H and O–H groups in total. The zero-order valence-corrected chi connectivity index (χ0v) is 9.18. The average molecular weight is 231 g/mol. The summed E-state index contributed by atoms with van der Waals surface area (Å²) < 4.78 is 0. The Kier molecular flexibility index (Phi) is 3.69. The van der Waals surface area contributed by atoms with Crippen molar-refractivity contribution in [2.24, 2.45) is 0 Å². The van der Waals surface area contributed by atoms with E-state index in [1.54, 1.807) is 0 Å². The van der Waals surface area contributed by atoms with Gasteiger partial charge in [0.15, 0.2) is 0 Å². The minimum atomic E-state index is -0.0924. The first-order chi connectivity index (χ1) is 8.34. The average Bonchev–Trinajstić information content (AvgIpc) is 2.88. The van der Waals surface area contributed by atoms with Crippen LogP contribution in [0.25, 0.3) is 0 Å². The molecule has 1 heterocycles. The molecule has 0 aliphatic carbocycles. The Morgan fingerprint density at radius 2 is 2.12 bits per heavy atom. The molecule has 0 aliphatic rings. The second-order valence-electron chi connectivity index (χ2n) is 3.43. The quantitative estimate of drug-likeness (QED) is 0.701. The van der Waals surface area contributed by atoms with Crippen LogP contribution in [0.15, 0.2) is 36.7 Å². The number of H-pyrrole nitrogens is 1. The summed E-state index contributed by atoms with van der Waals surface area (Å²) in [4.78, 5) is 15.4. The zero-order valence-electron chi connectivity index (χ0n) is 9.18. The van der Waals surface area contributed by atoms with Gasteiger partial charge < -0.3 is 10.6 Å². The summed E-state index contributed by atoms with van der Waals surface area (Å²) in [6.45, 7) is 0.591. The van der Waals surface area contributed by atoms with Crippen LogP contribution in [0.5, 0.6) is 0 Å². The highest BCUT2D eigenvalue weighted by Gasteiger charge is 2.02. The lowest BCUT2D eigenvalue weighted by molar-refractivity contribution is -0.119. The summed E-state index contributed by atoms with van der Waals surface area (Å²) in [6, 6.07) is 9.56. The first-order valence-electron chi connectivity index (χ1n) is 5.24. The molecular formula is C11H13N5O. The third-order valence-electron chi connectivity index (χ3n) is 2.14. The molecule has 17 heavy (non-hydrogen) atoms. The van der Waals surface area contributed by atoms with E-state index >= 15 is 0 Å². The molecule has 2 aromatic rings. The summed E-state index contributed by atoms with van der Waals surface area (Å²) >= 11 is 0. The number of nitrogens with zero attached hydrogens (tertiary/aromatic N) is 2. The van der Waals surface area contributed by atoms with E-state index in [9.17, 15) is 4.79 Å². The molecule has 0 spiro atoms. The van der Waals surface area contributed by atoms with Crippen molar-refractivity contribution >= 4 is 11.6 Å². The van der Waals surface area contributed by atoms with Crippen molar-refractivity contribution in [1.82, 2.24) is 20.5 Å². The maximum Gasteiger partial charge on any atom is 0.239 e. The normalized spacial score (nSPS) is 9.88. The van der Waals surface area contributed by atoms with E-state index in [4.69, 9.17) is 0 Å². The van der Waals surface area contributed by atoms with Crippen LogP contribution >= 0.6 is 0 Å². The first kappa shape index (κ1) is 11.1. The van der Waals surface area contributed by atoms with Gasteiger partial charge in [0, 0.05) is 5.69 Å². The maximum atomic E-state index is 11.5. The molecule has 0 radical (unpaired) electrons. The number of benzene rings is 1. The molecule has 1 aromatic heterocycles. The Morgan fingerprint density at radius 3 is 2.82 bits per heavy atom. The van der Waals surface area contributed by atoms with Crippen LogP contribution in [0.3, 0.4) is 0 Å². The van der Waals surface area contributed by atoms with Crippen molar-refractivity contribution in [2.45, 2.75) is 6.54 Å². The molecule has 6 nitrogen and oxygen atoms in total. The van der Waals surface area contributed by atoms with Gasteiger partial charge >= 0.3 is 0 Å². The van der Waals surface area contributed by atoms with Crippen LogP contribution in [0.4, 0.5) is 5.69 Å². The Balaban J connectivity index is 1.71. The predicted molar refractivity (Wildman–Crippen MR) is 63.2 cm³/mol. The van der Waals surface area contributed by atoms with Gasteiger partial charge in [0.1, 0.15) is 12.2 Å². The van der Waals surface area contributed by atoms with Crippen LogP contribution in [-0.2, 0) is 11.3 Å². The Hall–Kier alpha value is -2.37. The standard InChI is InChI=1S/C11H13N5O/c17-11(13-6-10-14-8-15-16-10)7-12-9-4-2-1-3-5-9/h1-5,8,12H,6-7H2,(H,13,17)(H,14,15,16). The van der Waals surface area contributed by atoms with Crippen LogP contribution in [0.2, 0.25) is 0 Å². The lowest BCUT2D eigenvalue weighted by atomic mass is 10.3. The number of hydrogen-bond acceptors (Lipinski definition) is 4. The van der Waals surface area contributed by atoms with E-state index in [2.05, 4.69) is 25.8 Å². The van der Waals surface area contributed by atoms with Crippen LogP contribution in [-0.4, -0.2) is 27.6 Å². The number of anilines is 1. The van der Waals surface area contributed by atoms with Gasteiger partial charge in [0.25, 0.3) is 0 Å². The summed E-state index contributed by atoms with van der Waals surface area (Å²) in [7, 11) is 0. The number of aromatic nitrogens is 3. The molecule has 0 saturated carbocycles. The highest BCUT2D eigenvalue weighted by molar-refractivity contribution is 5.80. The van der Waals surface area contributed by atoms with Gasteiger partial charge in [0.05, 0.1) is 13.1 Å². The van der Waals surface area contributed by atoms with Gasteiger partial charge in [-0.3, -0.25) is 9.89 Å². The van der Waals surface area contributed by atoms with E-state index in [1.807, 2.05) is 30.3 Å². The van der Waals surface area contributed by atoms with Gasteiger partial charge in [-0.25, -0.2) is 4.98 Å². The number of nitrogens with one attached hydrogen (secondary N) is 3. The fraction of sp³-hybridized carbons (Fsp3) is 0.182. The molecule has 0 atom stereocenters.